The third-order valence-electron chi connectivity index (χ3n) is 3.06. The van der Waals surface area contributed by atoms with Crippen LogP contribution in [0.4, 0.5) is 5.69 Å². The van der Waals surface area contributed by atoms with Crippen LogP contribution >= 0.6 is 0 Å². The highest BCUT2D eigenvalue weighted by molar-refractivity contribution is 5.53. The van der Waals surface area contributed by atoms with E-state index in [1.165, 1.54) is 37.1 Å². The standard InChI is InChI=1S/C13H20N2/c1-15(2)10-9-12-8-7-11-5-3-4-6-13(11)14-12/h3-6,12,14H,7-10H2,1-2H3/t12-/m0/s1. The topological polar surface area (TPSA) is 15.3 Å². The summed E-state index contributed by atoms with van der Waals surface area (Å²) < 4.78 is 0. The molecule has 0 bridgehead atoms. The fourth-order valence-electron chi connectivity index (χ4n) is 2.13. The summed E-state index contributed by atoms with van der Waals surface area (Å²) >= 11 is 0. The molecule has 0 spiro atoms. The van der Waals surface area contributed by atoms with Gasteiger partial charge in [-0.1, -0.05) is 18.2 Å². The fraction of sp³-hybridized carbons (Fsp3) is 0.538. The van der Waals surface area contributed by atoms with Crippen LogP contribution in [0.1, 0.15) is 18.4 Å². The summed E-state index contributed by atoms with van der Waals surface area (Å²) in [6.45, 7) is 1.17. The maximum absolute atomic E-state index is 3.63. The quantitative estimate of drug-likeness (QED) is 0.813. The molecular weight excluding hydrogens is 184 g/mol. The molecule has 0 radical (unpaired) electrons. The van der Waals surface area contributed by atoms with Gasteiger partial charge >= 0.3 is 0 Å². The van der Waals surface area contributed by atoms with Gasteiger partial charge in [0.1, 0.15) is 0 Å². The molecular formula is C13H20N2. The normalized spacial score (nSPS) is 19.8. The Hall–Kier alpha value is -1.02. The Morgan fingerprint density at radius 1 is 1.33 bits per heavy atom. The van der Waals surface area contributed by atoms with Crippen LogP contribution in [-0.4, -0.2) is 31.6 Å². The zero-order valence-electron chi connectivity index (χ0n) is 9.66. The number of hydrogen-bond donors (Lipinski definition) is 1. The Bertz CT molecular complexity index is 320. The van der Waals surface area contributed by atoms with Crippen molar-refractivity contribution in [3.63, 3.8) is 0 Å². The largest absolute Gasteiger partial charge is 0.382 e. The van der Waals surface area contributed by atoms with Gasteiger partial charge in [-0.05, 0) is 51.5 Å². The monoisotopic (exact) mass is 204 g/mol. The van der Waals surface area contributed by atoms with Crippen LogP contribution < -0.4 is 5.32 Å². The highest BCUT2D eigenvalue weighted by atomic mass is 15.1. The predicted octanol–water partition coefficient (Wildman–Crippen LogP) is 2.37. The van der Waals surface area contributed by atoms with Crippen molar-refractivity contribution in [2.24, 2.45) is 0 Å². The van der Waals surface area contributed by atoms with Crippen LogP contribution in [0, 0.1) is 0 Å². The number of nitrogens with one attached hydrogen (secondary N) is 1. The van der Waals surface area contributed by atoms with Gasteiger partial charge in [0, 0.05) is 11.7 Å². The van der Waals surface area contributed by atoms with Crippen molar-refractivity contribution in [1.29, 1.82) is 0 Å². The molecule has 1 N–H and O–H groups in total. The average molecular weight is 204 g/mol. The molecule has 0 fully saturated rings. The molecule has 1 aliphatic heterocycles. The van der Waals surface area contributed by atoms with Gasteiger partial charge in [-0.15, -0.1) is 0 Å². The molecule has 0 aliphatic carbocycles. The summed E-state index contributed by atoms with van der Waals surface area (Å²) in [5.41, 5.74) is 2.81. The minimum absolute atomic E-state index is 0.655. The van der Waals surface area contributed by atoms with E-state index in [4.69, 9.17) is 0 Å². The minimum atomic E-state index is 0.655. The van der Waals surface area contributed by atoms with Crippen molar-refractivity contribution in [3.05, 3.63) is 29.8 Å². The molecule has 0 unspecified atom stereocenters. The maximum Gasteiger partial charge on any atom is 0.0374 e. The fourth-order valence-corrected chi connectivity index (χ4v) is 2.13. The van der Waals surface area contributed by atoms with Gasteiger partial charge in [0.05, 0.1) is 0 Å². The van der Waals surface area contributed by atoms with Crippen molar-refractivity contribution in [1.82, 2.24) is 4.90 Å². The second-order valence-corrected chi connectivity index (χ2v) is 4.63. The highest BCUT2D eigenvalue weighted by Crippen LogP contribution is 2.25. The zero-order chi connectivity index (χ0) is 10.7. The van der Waals surface area contributed by atoms with E-state index < -0.39 is 0 Å². The molecule has 1 aromatic rings. The van der Waals surface area contributed by atoms with E-state index in [2.05, 4.69) is 48.6 Å². The summed E-state index contributed by atoms with van der Waals surface area (Å²) in [6, 6.07) is 9.31. The van der Waals surface area contributed by atoms with E-state index in [1.807, 2.05) is 0 Å². The highest BCUT2D eigenvalue weighted by Gasteiger charge is 2.16. The van der Waals surface area contributed by atoms with Gasteiger partial charge in [0.25, 0.3) is 0 Å². The average Bonchev–Trinajstić information content (AvgIpc) is 2.26. The lowest BCUT2D eigenvalue weighted by atomic mass is 9.96. The van der Waals surface area contributed by atoms with Crippen molar-refractivity contribution in [2.75, 3.05) is 26.0 Å². The molecule has 2 nitrogen and oxygen atoms in total. The number of aryl methyl sites for hydroxylation is 1. The molecule has 1 atom stereocenters. The summed E-state index contributed by atoms with van der Waals surface area (Å²) in [6.07, 6.45) is 3.73. The van der Waals surface area contributed by atoms with Gasteiger partial charge in [-0.25, -0.2) is 0 Å². The lowest BCUT2D eigenvalue weighted by Crippen LogP contribution is -2.29. The molecule has 0 amide bonds. The first-order valence-electron chi connectivity index (χ1n) is 5.75. The Morgan fingerprint density at radius 3 is 2.93 bits per heavy atom. The van der Waals surface area contributed by atoms with Gasteiger partial charge in [0.2, 0.25) is 0 Å². The molecule has 1 aromatic carbocycles. The number of benzene rings is 1. The second-order valence-electron chi connectivity index (χ2n) is 4.63. The SMILES string of the molecule is CN(C)CC[C@@H]1CCc2ccccc2N1. The summed E-state index contributed by atoms with van der Waals surface area (Å²) in [5.74, 6) is 0. The van der Waals surface area contributed by atoms with Crippen LogP contribution in [0.3, 0.4) is 0 Å². The predicted molar refractivity (Wildman–Crippen MR) is 65.3 cm³/mol. The van der Waals surface area contributed by atoms with Gasteiger partial charge in [-0.3, -0.25) is 0 Å². The van der Waals surface area contributed by atoms with E-state index in [1.54, 1.807) is 0 Å². The van der Waals surface area contributed by atoms with E-state index >= 15 is 0 Å². The van der Waals surface area contributed by atoms with Crippen LogP contribution in [0.15, 0.2) is 24.3 Å². The Kier molecular flexibility index (Phi) is 3.27. The van der Waals surface area contributed by atoms with Crippen molar-refractivity contribution >= 4 is 5.69 Å². The molecule has 0 aromatic heterocycles. The number of fused-ring (bicyclic) bond motifs is 1. The zero-order valence-corrected chi connectivity index (χ0v) is 9.66. The first kappa shape index (κ1) is 10.5. The summed E-state index contributed by atoms with van der Waals surface area (Å²) in [4.78, 5) is 2.25. The van der Waals surface area contributed by atoms with E-state index in [-0.39, 0.29) is 0 Å². The third kappa shape index (κ3) is 2.72. The number of anilines is 1. The maximum atomic E-state index is 3.63. The number of hydrogen-bond acceptors (Lipinski definition) is 2. The molecule has 1 aliphatic rings. The smallest absolute Gasteiger partial charge is 0.0374 e. The first-order valence-corrected chi connectivity index (χ1v) is 5.75. The lowest BCUT2D eigenvalue weighted by Gasteiger charge is -2.27. The van der Waals surface area contributed by atoms with Crippen molar-refractivity contribution < 1.29 is 0 Å². The Labute approximate surface area is 92.3 Å². The van der Waals surface area contributed by atoms with Gasteiger partial charge in [-0.2, -0.15) is 0 Å². The van der Waals surface area contributed by atoms with E-state index in [0.29, 0.717) is 6.04 Å². The molecule has 2 heteroatoms. The summed E-state index contributed by atoms with van der Waals surface area (Å²) in [5, 5.41) is 3.63. The van der Waals surface area contributed by atoms with Crippen LogP contribution in [-0.2, 0) is 6.42 Å². The number of nitrogens with zero attached hydrogens (tertiary/aromatic N) is 1. The van der Waals surface area contributed by atoms with Crippen LogP contribution in [0.25, 0.3) is 0 Å². The molecule has 15 heavy (non-hydrogen) atoms. The summed E-state index contributed by atoms with van der Waals surface area (Å²) in [7, 11) is 4.27. The molecule has 0 saturated carbocycles. The van der Waals surface area contributed by atoms with E-state index in [9.17, 15) is 0 Å². The van der Waals surface area contributed by atoms with Crippen molar-refractivity contribution in [2.45, 2.75) is 25.3 Å². The third-order valence-corrected chi connectivity index (χ3v) is 3.06. The van der Waals surface area contributed by atoms with Gasteiger partial charge in [0.15, 0.2) is 0 Å². The second kappa shape index (κ2) is 4.67. The molecule has 2 rings (SSSR count). The minimum Gasteiger partial charge on any atom is -0.382 e. The first-order chi connectivity index (χ1) is 7.25. The Balaban J connectivity index is 1.94. The van der Waals surface area contributed by atoms with Gasteiger partial charge < -0.3 is 10.2 Å². The molecule has 1 heterocycles. The number of para-hydroxylation sites is 1. The van der Waals surface area contributed by atoms with Crippen LogP contribution in [0.2, 0.25) is 0 Å². The molecule has 82 valence electrons. The van der Waals surface area contributed by atoms with E-state index in [0.717, 1.165) is 0 Å². The number of rotatable bonds is 3. The Morgan fingerprint density at radius 2 is 2.13 bits per heavy atom. The van der Waals surface area contributed by atoms with Crippen LogP contribution in [0.5, 0.6) is 0 Å². The van der Waals surface area contributed by atoms with Crippen molar-refractivity contribution in [3.8, 4) is 0 Å². The molecule has 0 saturated heterocycles. The lowest BCUT2D eigenvalue weighted by molar-refractivity contribution is 0.379.